The van der Waals surface area contributed by atoms with Crippen molar-refractivity contribution in [1.82, 2.24) is 0 Å². The average molecular weight is 439 g/mol. The molecule has 176 valence electrons. The summed E-state index contributed by atoms with van der Waals surface area (Å²) < 4.78 is 20.8. The number of aliphatic hydroxyl groups is 2. The van der Waals surface area contributed by atoms with Crippen LogP contribution in [0.5, 0.6) is 5.75 Å². The molecular weight excluding hydrogens is 400 g/mol. The van der Waals surface area contributed by atoms with Crippen molar-refractivity contribution in [1.29, 1.82) is 0 Å². The van der Waals surface area contributed by atoms with Crippen LogP contribution in [0.3, 0.4) is 0 Å². The van der Waals surface area contributed by atoms with Crippen LogP contribution in [0.4, 0.5) is 0 Å². The van der Waals surface area contributed by atoms with Crippen LogP contribution in [0.1, 0.15) is 57.4 Å². The second kappa shape index (κ2) is 16.7. The summed E-state index contributed by atoms with van der Waals surface area (Å²) in [5.74, 6) is -2.77. The van der Waals surface area contributed by atoms with E-state index in [4.69, 9.17) is 24.1 Å². The lowest BCUT2D eigenvalue weighted by Gasteiger charge is -2.27. The Morgan fingerprint density at radius 2 is 1.65 bits per heavy atom. The first kappa shape index (κ1) is 27.1. The first-order chi connectivity index (χ1) is 15.0. The molecule has 1 aromatic rings. The zero-order valence-electron chi connectivity index (χ0n) is 18.7. The molecule has 0 amide bonds. The van der Waals surface area contributed by atoms with Crippen molar-refractivity contribution in [2.24, 2.45) is 0 Å². The molecule has 0 heterocycles. The lowest BCUT2D eigenvalue weighted by molar-refractivity contribution is -0.319. The molecular formula is C24H38O7. The highest BCUT2D eigenvalue weighted by molar-refractivity contribution is 5.81. The first-order valence-corrected chi connectivity index (χ1v) is 11.1. The molecule has 1 rings (SSSR count). The monoisotopic (exact) mass is 438 g/mol. The van der Waals surface area contributed by atoms with Gasteiger partial charge in [-0.25, -0.2) is 4.79 Å². The molecule has 1 unspecified atom stereocenters. The molecule has 31 heavy (non-hydrogen) atoms. The second-order valence-electron chi connectivity index (χ2n) is 7.34. The fraction of sp³-hybridized carbons (Fsp3) is 0.625. The number of esters is 1. The molecule has 1 aromatic carbocycles. The molecule has 0 bridgehead atoms. The first-order valence-electron chi connectivity index (χ1n) is 11.1. The van der Waals surface area contributed by atoms with Crippen LogP contribution in [0.25, 0.3) is 0 Å². The summed E-state index contributed by atoms with van der Waals surface area (Å²) in [6.07, 6.45) is 10.8. The van der Waals surface area contributed by atoms with Crippen LogP contribution in [0.2, 0.25) is 0 Å². The van der Waals surface area contributed by atoms with Gasteiger partial charge in [0.1, 0.15) is 5.75 Å². The molecule has 0 aliphatic carbocycles. The predicted octanol–water partition coefficient (Wildman–Crippen LogP) is 3.76. The Balaban J connectivity index is 2.48. The van der Waals surface area contributed by atoms with Crippen LogP contribution in [-0.2, 0) is 25.4 Å². The van der Waals surface area contributed by atoms with Gasteiger partial charge in [-0.1, -0.05) is 64.2 Å². The van der Waals surface area contributed by atoms with Crippen LogP contribution >= 0.6 is 0 Å². The Morgan fingerprint density at radius 1 is 1.00 bits per heavy atom. The minimum atomic E-state index is -2.29. The van der Waals surface area contributed by atoms with Crippen LogP contribution < -0.4 is 4.74 Å². The Labute approximate surface area is 186 Å². The number of rotatable bonds is 19. The molecule has 0 aliphatic heterocycles. The Bertz CT molecular complexity index is 602. The van der Waals surface area contributed by atoms with Crippen molar-refractivity contribution in [3.63, 3.8) is 0 Å². The fourth-order valence-electron chi connectivity index (χ4n) is 2.96. The van der Waals surface area contributed by atoms with E-state index in [1.807, 2.05) is 12.1 Å². The standard InChI is InChI=1S/C24H38O7/c1-3-5-6-7-8-9-10-11-21-12-14-22(15-13-21)30-24(27,31-23(26)4-2)20-29-19-18-28-17-16-25/h4,12-15,25,27H,2-3,5-11,16-20H2,1H3. The molecule has 0 radical (unpaired) electrons. The third kappa shape index (κ3) is 13.2. The summed E-state index contributed by atoms with van der Waals surface area (Å²) in [6.45, 7) is 5.61. The van der Waals surface area contributed by atoms with Gasteiger partial charge in [0.2, 0.25) is 0 Å². The highest BCUT2D eigenvalue weighted by Gasteiger charge is 2.34. The molecule has 0 fully saturated rings. The van der Waals surface area contributed by atoms with Gasteiger partial charge in [0.25, 0.3) is 0 Å². The summed E-state index contributed by atoms with van der Waals surface area (Å²) in [6, 6.07) is 7.33. The van der Waals surface area contributed by atoms with E-state index >= 15 is 0 Å². The predicted molar refractivity (Wildman–Crippen MR) is 119 cm³/mol. The highest BCUT2D eigenvalue weighted by Crippen LogP contribution is 2.21. The van der Waals surface area contributed by atoms with Gasteiger partial charge in [-0.2, -0.15) is 0 Å². The lowest BCUT2D eigenvalue weighted by Crippen LogP contribution is -2.45. The minimum Gasteiger partial charge on any atom is -0.428 e. The van der Waals surface area contributed by atoms with Crippen molar-refractivity contribution in [3.05, 3.63) is 42.5 Å². The molecule has 2 N–H and O–H groups in total. The van der Waals surface area contributed by atoms with E-state index in [1.165, 1.54) is 44.1 Å². The van der Waals surface area contributed by atoms with E-state index in [0.29, 0.717) is 5.75 Å². The number of unbranched alkanes of at least 4 members (excludes halogenated alkanes) is 6. The van der Waals surface area contributed by atoms with E-state index in [0.717, 1.165) is 18.9 Å². The van der Waals surface area contributed by atoms with Crippen LogP contribution in [-0.4, -0.2) is 55.2 Å². The van der Waals surface area contributed by atoms with Crippen LogP contribution in [0, 0.1) is 0 Å². The third-order valence-corrected chi connectivity index (χ3v) is 4.59. The molecule has 0 aliphatic rings. The number of carbonyl (C=O) groups excluding carboxylic acids is 1. The zero-order chi connectivity index (χ0) is 22.8. The van der Waals surface area contributed by atoms with E-state index in [-0.39, 0.29) is 26.4 Å². The van der Waals surface area contributed by atoms with Crippen LogP contribution in [0.15, 0.2) is 36.9 Å². The van der Waals surface area contributed by atoms with Gasteiger partial charge in [-0.15, -0.1) is 0 Å². The lowest BCUT2D eigenvalue weighted by atomic mass is 10.0. The van der Waals surface area contributed by atoms with E-state index in [1.54, 1.807) is 12.1 Å². The minimum absolute atomic E-state index is 0.0844. The maximum absolute atomic E-state index is 11.6. The number of aryl methyl sites for hydroxylation is 1. The second-order valence-corrected chi connectivity index (χ2v) is 7.34. The maximum Gasteiger partial charge on any atom is 0.396 e. The van der Waals surface area contributed by atoms with Gasteiger partial charge in [0.15, 0.2) is 6.61 Å². The number of benzene rings is 1. The van der Waals surface area contributed by atoms with Gasteiger partial charge >= 0.3 is 11.9 Å². The Morgan fingerprint density at radius 3 is 2.29 bits per heavy atom. The summed E-state index contributed by atoms with van der Waals surface area (Å²) in [5, 5.41) is 19.3. The largest absolute Gasteiger partial charge is 0.428 e. The molecule has 0 saturated heterocycles. The molecule has 0 spiro atoms. The Hall–Kier alpha value is -1.93. The molecule has 7 heteroatoms. The van der Waals surface area contributed by atoms with Crippen molar-refractivity contribution < 1.29 is 34.0 Å². The molecule has 1 atom stereocenters. The van der Waals surface area contributed by atoms with E-state index in [2.05, 4.69) is 13.5 Å². The zero-order valence-corrected chi connectivity index (χ0v) is 18.7. The van der Waals surface area contributed by atoms with E-state index < -0.39 is 18.5 Å². The fourth-order valence-corrected chi connectivity index (χ4v) is 2.96. The number of aliphatic hydroxyl groups excluding tert-OH is 1. The summed E-state index contributed by atoms with van der Waals surface area (Å²) in [5.41, 5.74) is 1.19. The van der Waals surface area contributed by atoms with Crippen molar-refractivity contribution in [2.75, 3.05) is 33.0 Å². The van der Waals surface area contributed by atoms with Gasteiger partial charge < -0.3 is 29.2 Å². The molecule has 0 aromatic heterocycles. The van der Waals surface area contributed by atoms with Crippen molar-refractivity contribution in [2.45, 2.75) is 64.3 Å². The summed E-state index contributed by atoms with van der Waals surface area (Å²) >= 11 is 0. The average Bonchev–Trinajstić information content (AvgIpc) is 2.76. The normalized spacial score (nSPS) is 12.9. The number of hydrogen-bond acceptors (Lipinski definition) is 7. The maximum atomic E-state index is 11.6. The van der Waals surface area contributed by atoms with Crippen molar-refractivity contribution >= 4 is 5.97 Å². The summed E-state index contributed by atoms with van der Waals surface area (Å²) in [7, 11) is 0. The quantitative estimate of drug-likeness (QED) is 0.147. The number of ether oxygens (including phenoxy) is 4. The topological polar surface area (TPSA) is 94.5 Å². The smallest absolute Gasteiger partial charge is 0.396 e. The number of hydrogen-bond donors (Lipinski definition) is 2. The molecule has 0 saturated carbocycles. The molecule has 7 nitrogen and oxygen atoms in total. The van der Waals surface area contributed by atoms with E-state index in [9.17, 15) is 9.90 Å². The van der Waals surface area contributed by atoms with Crippen molar-refractivity contribution in [3.8, 4) is 5.75 Å². The van der Waals surface area contributed by atoms with Gasteiger partial charge in [-0.3, -0.25) is 0 Å². The summed E-state index contributed by atoms with van der Waals surface area (Å²) in [4.78, 5) is 11.6. The third-order valence-electron chi connectivity index (χ3n) is 4.59. The Kier molecular flexibility index (Phi) is 14.6. The highest BCUT2D eigenvalue weighted by atomic mass is 16.8. The van der Waals surface area contributed by atoms with Gasteiger partial charge in [-0.05, 0) is 30.5 Å². The number of carbonyl (C=O) groups is 1. The SMILES string of the molecule is C=CC(=O)OC(O)(COCCOCCO)Oc1ccc(CCCCCCCCC)cc1. The van der Waals surface area contributed by atoms with Gasteiger partial charge in [0.05, 0.1) is 26.4 Å². The van der Waals surface area contributed by atoms with Gasteiger partial charge in [0, 0.05) is 6.08 Å².